The minimum atomic E-state index is 0.566. The molecule has 1 aromatic carbocycles. The highest BCUT2D eigenvalue weighted by Crippen LogP contribution is 2.24. The molecular formula is C20H24N6. The van der Waals surface area contributed by atoms with Gasteiger partial charge >= 0.3 is 0 Å². The van der Waals surface area contributed by atoms with Crippen molar-refractivity contribution in [1.29, 1.82) is 0 Å². The third-order valence-corrected chi connectivity index (χ3v) is 5.04. The van der Waals surface area contributed by atoms with E-state index in [-0.39, 0.29) is 0 Å². The number of anilines is 3. The molecule has 0 unspecified atom stereocenters. The van der Waals surface area contributed by atoms with Crippen molar-refractivity contribution in [2.24, 2.45) is 0 Å². The summed E-state index contributed by atoms with van der Waals surface area (Å²) in [7, 11) is 4.34. The maximum Gasteiger partial charge on any atom is 0.229 e. The van der Waals surface area contributed by atoms with Crippen molar-refractivity contribution in [1.82, 2.24) is 19.9 Å². The number of nitrogens with one attached hydrogen (secondary N) is 1. The van der Waals surface area contributed by atoms with Crippen molar-refractivity contribution in [2.75, 3.05) is 37.4 Å². The molecule has 1 aliphatic heterocycles. The van der Waals surface area contributed by atoms with Crippen molar-refractivity contribution in [2.45, 2.75) is 18.9 Å². The summed E-state index contributed by atoms with van der Waals surface area (Å²) in [4.78, 5) is 17.9. The average molecular weight is 348 g/mol. The maximum atomic E-state index is 4.46. The Hall–Kier alpha value is -2.73. The highest BCUT2D eigenvalue weighted by atomic mass is 15.2. The number of hydrogen-bond acceptors (Lipinski definition) is 6. The molecule has 0 spiro atoms. The zero-order valence-electron chi connectivity index (χ0n) is 15.3. The smallest absolute Gasteiger partial charge is 0.229 e. The SMILES string of the molecule is CN(C)C1CCN(c2ccc(Nc3ncc4cccnc4n3)cc2)CC1. The van der Waals surface area contributed by atoms with Crippen molar-refractivity contribution in [3.05, 3.63) is 48.8 Å². The van der Waals surface area contributed by atoms with E-state index in [4.69, 9.17) is 0 Å². The number of benzene rings is 1. The summed E-state index contributed by atoms with van der Waals surface area (Å²) < 4.78 is 0. The number of fused-ring (bicyclic) bond motifs is 1. The second-order valence-electron chi connectivity index (χ2n) is 6.96. The van der Waals surface area contributed by atoms with Gasteiger partial charge in [0.25, 0.3) is 0 Å². The Morgan fingerprint density at radius 1 is 1.04 bits per heavy atom. The van der Waals surface area contributed by atoms with Crippen molar-refractivity contribution in [3.63, 3.8) is 0 Å². The topological polar surface area (TPSA) is 57.2 Å². The van der Waals surface area contributed by atoms with Crippen LogP contribution in [0, 0.1) is 0 Å². The van der Waals surface area contributed by atoms with E-state index >= 15 is 0 Å². The lowest BCUT2D eigenvalue weighted by Gasteiger charge is -2.36. The van der Waals surface area contributed by atoms with Gasteiger partial charge in [0, 0.05) is 48.3 Å². The van der Waals surface area contributed by atoms with Crippen LogP contribution in [0.25, 0.3) is 11.0 Å². The van der Waals surface area contributed by atoms with Gasteiger partial charge in [-0.3, -0.25) is 0 Å². The lowest BCUT2D eigenvalue weighted by molar-refractivity contribution is 0.249. The zero-order chi connectivity index (χ0) is 17.9. The van der Waals surface area contributed by atoms with Crippen LogP contribution in [-0.2, 0) is 0 Å². The van der Waals surface area contributed by atoms with Crippen molar-refractivity contribution < 1.29 is 0 Å². The summed E-state index contributed by atoms with van der Waals surface area (Å²) >= 11 is 0. The first-order chi connectivity index (χ1) is 12.7. The first-order valence-corrected chi connectivity index (χ1v) is 9.05. The van der Waals surface area contributed by atoms with E-state index in [0.29, 0.717) is 17.6 Å². The van der Waals surface area contributed by atoms with E-state index in [2.05, 4.69) is 68.4 Å². The number of hydrogen-bond donors (Lipinski definition) is 1. The predicted octanol–water partition coefficient (Wildman–Crippen LogP) is 3.30. The molecule has 0 saturated carbocycles. The van der Waals surface area contributed by atoms with Gasteiger partial charge in [-0.25, -0.2) is 9.97 Å². The van der Waals surface area contributed by atoms with Gasteiger partial charge in [0.1, 0.15) is 0 Å². The summed E-state index contributed by atoms with van der Waals surface area (Å²) in [5.74, 6) is 0.566. The van der Waals surface area contributed by atoms with Crippen LogP contribution in [0.2, 0.25) is 0 Å². The van der Waals surface area contributed by atoms with Gasteiger partial charge in [0.15, 0.2) is 5.65 Å². The molecule has 6 nitrogen and oxygen atoms in total. The minimum Gasteiger partial charge on any atom is -0.371 e. The summed E-state index contributed by atoms with van der Waals surface area (Å²) in [6.07, 6.45) is 5.96. The summed E-state index contributed by atoms with van der Waals surface area (Å²) in [5, 5.41) is 4.20. The van der Waals surface area contributed by atoms with Crippen molar-refractivity contribution >= 4 is 28.4 Å². The second-order valence-corrected chi connectivity index (χ2v) is 6.96. The van der Waals surface area contributed by atoms with E-state index in [0.717, 1.165) is 24.2 Å². The Morgan fingerprint density at radius 3 is 2.54 bits per heavy atom. The Bertz CT molecular complexity index is 869. The standard InChI is InChI=1S/C20H24N6/c1-25(2)17-9-12-26(13-10-17)18-7-5-16(6-8-18)23-20-22-14-15-4-3-11-21-19(15)24-20/h3-8,11,14,17H,9-10,12-13H2,1-2H3,(H,21,22,23,24). The summed E-state index contributed by atoms with van der Waals surface area (Å²) in [6.45, 7) is 2.21. The molecule has 2 aromatic heterocycles. The molecule has 0 atom stereocenters. The van der Waals surface area contributed by atoms with Crippen LogP contribution in [0.1, 0.15) is 12.8 Å². The van der Waals surface area contributed by atoms with Crippen LogP contribution in [-0.4, -0.2) is 53.1 Å². The van der Waals surface area contributed by atoms with E-state index in [1.807, 2.05) is 12.1 Å². The fourth-order valence-corrected chi connectivity index (χ4v) is 3.45. The van der Waals surface area contributed by atoms with E-state index in [1.54, 1.807) is 12.4 Å². The van der Waals surface area contributed by atoms with Gasteiger partial charge < -0.3 is 15.1 Å². The molecule has 6 heteroatoms. The van der Waals surface area contributed by atoms with Crippen LogP contribution in [0.4, 0.5) is 17.3 Å². The molecule has 3 aromatic rings. The molecule has 1 aliphatic rings. The highest BCUT2D eigenvalue weighted by molar-refractivity contribution is 5.74. The van der Waals surface area contributed by atoms with Gasteiger partial charge in [0.05, 0.1) is 0 Å². The lowest BCUT2D eigenvalue weighted by Crippen LogP contribution is -2.41. The second kappa shape index (κ2) is 7.25. The third kappa shape index (κ3) is 3.60. The minimum absolute atomic E-state index is 0.566. The molecule has 134 valence electrons. The average Bonchev–Trinajstić information content (AvgIpc) is 2.68. The summed E-state index contributed by atoms with van der Waals surface area (Å²) in [6, 6.07) is 13.0. The fourth-order valence-electron chi connectivity index (χ4n) is 3.45. The molecule has 0 bridgehead atoms. The zero-order valence-corrected chi connectivity index (χ0v) is 15.3. The molecule has 4 rings (SSSR count). The van der Waals surface area contributed by atoms with Gasteiger partial charge in [-0.1, -0.05) is 0 Å². The van der Waals surface area contributed by atoms with Crippen LogP contribution >= 0.6 is 0 Å². The van der Waals surface area contributed by atoms with Crippen LogP contribution in [0.3, 0.4) is 0 Å². The molecule has 1 N–H and O–H groups in total. The highest BCUT2D eigenvalue weighted by Gasteiger charge is 2.20. The molecule has 0 radical (unpaired) electrons. The molecular weight excluding hydrogens is 324 g/mol. The fraction of sp³-hybridized carbons (Fsp3) is 0.350. The molecule has 1 fully saturated rings. The van der Waals surface area contributed by atoms with Gasteiger partial charge in [0.2, 0.25) is 5.95 Å². The number of aromatic nitrogens is 3. The molecule has 0 aliphatic carbocycles. The Balaban J connectivity index is 1.42. The number of piperidine rings is 1. The Kier molecular flexibility index (Phi) is 4.67. The first-order valence-electron chi connectivity index (χ1n) is 9.05. The van der Waals surface area contributed by atoms with E-state index < -0.39 is 0 Å². The van der Waals surface area contributed by atoms with E-state index in [1.165, 1.54) is 18.5 Å². The quantitative estimate of drug-likeness (QED) is 0.781. The summed E-state index contributed by atoms with van der Waals surface area (Å²) in [5.41, 5.74) is 2.95. The number of nitrogens with zero attached hydrogens (tertiary/aromatic N) is 5. The number of rotatable bonds is 4. The van der Waals surface area contributed by atoms with Gasteiger partial charge in [-0.05, 0) is 63.3 Å². The van der Waals surface area contributed by atoms with Gasteiger partial charge in [-0.2, -0.15) is 4.98 Å². The normalized spacial score (nSPS) is 15.6. The Labute approximate surface area is 153 Å². The molecule has 3 heterocycles. The Morgan fingerprint density at radius 2 is 1.81 bits per heavy atom. The predicted molar refractivity (Wildman–Crippen MR) is 106 cm³/mol. The monoisotopic (exact) mass is 348 g/mol. The van der Waals surface area contributed by atoms with Gasteiger partial charge in [-0.15, -0.1) is 0 Å². The maximum absolute atomic E-state index is 4.46. The number of pyridine rings is 1. The third-order valence-electron chi connectivity index (χ3n) is 5.04. The van der Waals surface area contributed by atoms with Crippen LogP contribution in [0.5, 0.6) is 0 Å². The molecule has 0 amide bonds. The van der Waals surface area contributed by atoms with E-state index in [9.17, 15) is 0 Å². The van der Waals surface area contributed by atoms with Crippen LogP contribution < -0.4 is 10.2 Å². The lowest BCUT2D eigenvalue weighted by atomic mass is 10.0. The molecule has 26 heavy (non-hydrogen) atoms. The molecule has 1 saturated heterocycles. The van der Waals surface area contributed by atoms with Crippen LogP contribution in [0.15, 0.2) is 48.8 Å². The van der Waals surface area contributed by atoms with Crippen molar-refractivity contribution in [3.8, 4) is 0 Å². The first kappa shape index (κ1) is 16.7. The largest absolute Gasteiger partial charge is 0.371 e.